The molecule has 1 heterocycles. The Morgan fingerprint density at radius 2 is 2.13 bits per heavy atom. The largest absolute Gasteiger partial charge is 0.465 e. The van der Waals surface area contributed by atoms with Crippen LogP contribution in [-0.2, 0) is 0 Å². The normalized spacial score (nSPS) is 15.2. The summed E-state index contributed by atoms with van der Waals surface area (Å²) < 4.78 is 5.54. The maximum atomic E-state index is 8.72. The number of hydrogen-bond donors (Lipinski definition) is 2. The molecule has 86 valence electrons. The first kappa shape index (κ1) is 12.3. The Kier molecular flexibility index (Phi) is 4.85. The summed E-state index contributed by atoms with van der Waals surface area (Å²) in [6.07, 6.45) is 1.83. The van der Waals surface area contributed by atoms with Gasteiger partial charge in [0.15, 0.2) is 0 Å². The molecule has 1 aromatic rings. The fraction of sp³-hybridized carbons (Fsp3) is 0.667. The van der Waals surface area contributed by atoms with E-state index in [2.05, 4.69) is 19.2 Å². The second-order valence-electron chi connectivity index (χ2n) is 4.10. The van der Waals surface area contributed by atoms with E-state index >= 15 is 0 Å². The fourth-order valence-electron chi connectivity index (χ4n) is 1.68. The number of aliphatic hydroxyl groups excluding tert-OH is 1. The van der Waals surface area contributed by atoms with Crippen molar-refractivity contribution >= 4 is 0 Å². The summed E-state index contributed by atoms with van der Waals surface area (Å²) in [6, 6.07) is 4.61. The van der Waals surface area contributed by atoms with Crippen LogP contribution in [0, 0.1) is 6.92 Å². The molecule has 0 fully saturated rings. The molecule has 0 aliphatic carbocycles. The molecule has 3 nitrogen and oxygen atoms in total. The van der Waals surface area contributed by atoms with E-state index in [0.717, 1.165) is 24.4 Å². The lowest BCUT2D eigenvalue weighted by molar-refractivity contribution is 0.272. The molecule has 0 spiro atoms. The monoisotopic (exact) mass is 211 g/mol. The van der Waals surface area contributed by atoms with Gasteiger partial charge in [0.1, 0.15) is 11.5 Å². The van der Waals surface area contributed by atoms with Crippen molar-refractivity contribution in [3.8, 4) is 0 Å². The molecular formula is C12H21NO2. The molecule has 0 saturated carbocycles. The molecule has 0 aliphatic rings. The van der Waals surface area contributed by atoms with Gasteiger partial charge in [0.2, 0.25) is 0 Å². The molecule has 0 aliphatic heterocycles. The van der Waals surface area contributed by atoms with E-state index in [1.54, 1.807) is 0 Å². The van der Waals surface area contributed by atoms with Crippen LogP contribution < -0.4 is 5.32 Å². The Bertz CT molecular complexity index is 283. The summed E-state index contributed by atoms with van der Waals surface area (Å²) in [5.41, 5.74) is 0. The molecule has 0 saturated heterocycles. The SMILES string of the molecule is Cc1ccc([C@@H](C)N[C@H](C)CCCO)o1. The molecule has 0 amide bonds. The molecule has 1 rings (SSSR count). The van der Waals surface area contributed by atoms with Crippen molar-refractivity contribution in [2.75, 3.05) is 6.61 Å². The third-order valence-corrected chi connectivity index (χ3v) is 2.52. The summed E-state index contributed by atoms with van der Waals surface area (Å²) in [4.78, 5) is 0. The highest BCUT2D eigenvalue weighted by molar-refractivity contribution is 5.08. The minimum absolute atomic E-state index is 0.229. The number of hydrogen-bond acceptors (Lipinski definition) is 3. The average molecular weight is 211 g/mol. The molecule has 15 heavy (non-hydrogen) atoms. The van der Waals surface area contributed by atoms with Crippen LogP contribution in [0.4, 0.5) is 0 Å². The standard InChI is InChI=1S/C12H21NO2/c1-9(5-4-8-14)13-11(3)12-7-6-10(2)15-12/h6-7,9,11,13-14H,4-5,8H2,1-3H3/t9-,11-/m1/s1. The highest BCUT2D eigenvalue weighted by atomic mass is 16.3. The summed E-state index contributed by atoms with van der Waals surface area (Å²) >= 11 is 0. The van der Waals surface area contributed by atoms with E-state index in [-0.39, 0.29) is 12.6 Å². The minimum atomic E-state index is 0.229. The first-order chi connectivity index (χ1) is 7.13. The molecule has 0 radical (unpaired) electrons. The second kappa shape index (κ2) is 5.93. The first-order valence-electron chi connectivity index (χ1n) is 5.56. The van der Waals surface area contributed by atoms with Gasteiger partial charge < -0.3 is 14.8 Å². The van der Waals surface area contributed by atoms with Crippen molar-refractivity contribution < 1.29 is 9.52 Å². The maximum Gasteiger partial charge on any atom is 0.120 e. The summed E-state index contributed by atoms with van der Waals surface area (Å²) in [7, 11) is 0. The van der Waals surface area contributed by atoms with Crippen molar-refractivity contribution in [1.29, 1.82) is 0 Å². The third-order valence-electron chi connectivity index (χ3n) is 2.52. The highest BCUT2D eigenvalue weighted by Gasteiger charge is 2.11. The van der Waals surface area contributed by atoms with Gasteiger partial charge in [-0.3, -0.25) is 0 Å². The number of aliphatic hydroxyl groups is 1. The number of nitrogens with one attached hydrogen (secondary N) is 1. The van der Waals surface area contributed by atoms with Gasteiger partial charge in [0.25, 0.3) is 0 Å². The minimum Gasteiger partial charge on any atom is -0.465 e. The van der Waals surface area contributed by atoms with Gasteiger partial charge in [-0.25, -0.2) is 0 Å². The Hall–Kier alpha value is -0.800. The van der Waals surface area contributed by atoms with Gasteiger partial charge in [0.05, 0.1) is 6.04 Å². The quantitative estimate of drug-likeness (QED) is 0.759. The summed E-state index contributed by atoms with van der Waals surface area (Å²) in [6.45, 7) is 6.43. The molecule has 0 unspecified atom stereocenters. The summed E-state index contributed by atoms with van der Waals surface area (Å²) in [5.74, 6) is 1.92. The van der Waals surface area contributed by atoms with Crippen LogP contribution in [0.5, 0.6) is 0 Å². The highest BCUT2D eigenvalue weighted by Crippen LogP contribution is 2.16. The van der Waals surface area contributed by atoms with Gasteiger partial charge >= 0.3 is 0 Å². The smallest absolute Gasteiger partial charge is 0.120 e. The van der Waals surface area contributed by atoms with Crippen molar-refractivity contribution in [2.24, 2.45) is 0 Å². The molecule has 1 aromatic heterocycles. The zero-order chi connectivity index (χ0) is 11.3. The molecule has 0 bridgehead atoms. The van der Waals surface area contributed by atoms with Crippen LogP contribution >= 0.6 is 0 Å². The summed E-state index contributed by atoms with van der Waals surface area (Å²) in [5, 5.41) is 12.2. The van der Waals surface area contributed by atoms with Gasteiger partial charge in [-0.1, -0.05) is 0 Å². The van der Waals surface area contributed by atoms with Gasteiger partial charge in [-0.2, -0.15) is 0 Å². The van der Waals surface area contributed by atoms with E-state index in [1.165, 1.54) is 0 Å². The van der Waals surface area contributed by atoms with Crippen molar-refractivity contribution in [3.63, 3.8) is 0 Å². The van der Waals surface area contributed by atoms with Crippen LogP contribution in [-0.4, -0.2) is 17.8 Å². The zero-order valence-corrected chi connectivity index (χ0v) is 9.79. The lowest BCUT2D eigenvalue weighted by atomic mass is 10.1. The molecule has 3 heteroatoms. The van der Waals surface area contributed by atoms with E-state index in [4.69, 9.17) is 9.52 Å². The Balaban J connectivity index is 2.38. The van der Waals surface area contributed by atoms with Crippen molar-refractivity contribution in [3.05, 3.63) is 23.7 Å². The predicted molar refractivity (Wildman–Crippen MR) is 60.8 cm³/mol. The Labute approximate surface area is 91.5 Å². The predicted octanol–water partition coefficient (Wildman–Crippen LogP) is 2.40. The average Bonchev–Trinajstić information content (AvgIpc) is 2.61. The molecule has 0 aromatic carbocycles. The van der Waals surface area contributed by atoms with Crippen molar-refractivity contribution in [2.45, 2.75) is 45.7 Å². The van der Waals surface area contributed by atoms with Gasteiger partial charge in [0, 0.05) is 12.6 Å². The number of rotatable bonds is 6. The zero-order valence-electron chi connectivity index (χ0n) is 9.79. The van der Waals surface area contributed by atoms with E-state index in [1.807, 2.05) is 19.1 Å². The van der Waals surface area contributed by atoms with Gasteiger partial charge in [-0.15, -0.1) is 0 Å². The second-order valence-corrected chi connectivity index (χ2v) is 4.10. The van der Waals surface area contributed by atoms with Crippen LogP contribution in [0.2, 0.25) is 0 Å². The van der Waals surface area contributed by atoms with Crippen LogP contribution in [0.25, 0.3) is 0 Å². The van der Waals surface area contributed by atoms with Gasteiger partial charge in [-0.05, 0) is 45.7 Å². The van der Waals surface area contributed by atoms with Crippen LogP contribution in [0.3, 0.4) is 0 Å². The van der Waals surface area contributed by atoms with Crippen LogP contribution in [0.1, 0.15) is 44.3 Å². The number of aryl methyl sites for hydroxylation is 1. The van der Waals surface area contributed by atoms with Crippen LogP contribution in [0.15, 0.2) is 16.5 Å². The van der Waals surface area contributed by atoms with Crippen molar-refractivity contribution in [1.82, 2.24) is 5.32 Å². The topological polar surface area (TPSA) is 45.4 Å². The molecular weight excluding hydrogens is 190 g/mol. The van der Waals surface area contributed by atoms with E-state index in [0.29, 0.717) is 6.04 Å². The maximum absolute atomic E-state index is 8.72. The lowest BCUT2D eigenvalue weighted by Crippen LogP contribution is -2.28. The van der Waals surface area contributed by atoms with E-state index in [9.17, 15) is 0 Å². The fourth-order valence-corrected chi connectivity index (χ4v) is 1.68. The Morgan fingerprint density at radius 1 is 1.40 bits per heavy atom. The van der Waals surface area contributed by atoms with E-state index < -0.39 is 0 Å². The number of furan rings is 1. The third kappa shape index (κ3) is 4.06. The Morgan fingerprint density at radius 3 is 2.67 bits per heavy atom. The molecule has 2 atom stereocenters. The molecule has 2 N–H and O–H groups in total. The first-order valence-corrected chi connectivity index (χ1v) is 5.56. The lowest BCUT2D eigenvalue weighted by Gasteiger charge is -2.18.